The zero-order valence-electron chi connectivity index (χ0n) is 9.84. The lowest BCUT2D eigenvalue weighted by atomic mass is 10.1. The van der Waals surface area contributed by atoms with Gasteiger partial charge in [0.15, 0.2) is 5.90 Å². The first-order chi connectivity index (χ1) is 8.38. The van der Waals surface area contributed by atoms with E-state index < -0.39 is 0 Å². The molecule has 0 spiro atoms. The molecule has 0 unspecified atom stereocenters. The van der Waals surface area contributed by atoms with E-state index in [1.807, 2.05) is 48.5 Å². The van der Waals surface area contributed by atoms with Gasteiger partial charge in [0.25, 0.3) is 0 Å². The Balaban J connectivity index is 2.15. The highest BCUT2D eigenvalue weighted by Gasteiger charge is 2.00. The van der Waals surface area contributed by atoms with Crippen LogP contribution in [0.3, 0.4) is 0 Å². The minimum Gasteiger partial charge on any atom is -0.484 e. The van der Waals surface area contributed by atoms with Crippen molar-refractivity contribution >= 4 is 11.6 Å². The molecule has 0 aliphatic heterocycles. The Morgan fingerprint density at radius 2 is 1.53 bits per heavy atom. The normalized spacial score (nSPS) is 11.2. The summed E-state index contributed by atoms with van der Waals surface area (Å²) in [6.07, 6.45) is 0.715. The van der Waals surface area contributed by atoms with Crippen LogP contribution in [0.25, 0.3) is 0 Å². The summed E-state index contributed by atoms with van der Waals surface area (Å²) in [6, 6.07) is 20.0. The minimum atomic E-state index is 0.715. The number of aliphatic imine (C=N–C) groups is 1. The largest absolute Gasteiger partial charge is 0.484 e. The third-order valence-corrected chi connectivity index (χ3v) is 2.44. The Bertz CT molecular complexity index is 477. The van der Waals surface area contributed by atoms with Gasteiger partial charge in [-0.3, -0.25) is 0 Å². The van der Waals surface area contributed by atoms with E-state index in [2.05, 4.69) is 17.1 Å². The summed E-state index contributed by atoms with van der Waals surface area (Å²) in [5.74, 6) is 0.724. The van der Waals surface area contributed by atoms with Gasteiger partial charge in [-0.25, -0.2) is 4.99 Å². The molecule has 86 valence electrons. The van der Waals surface area contributed by atoms with Crippen LogP contribution in [0.5, 0.6) is 0 Å². The first-order valence-corrected chi connectivity index (χ1v) is 5.59. The van der Waals surface area contributed by atoms with Crippen LogP contribution in [0.2, 0.25) is 0 Å². The molecule has 2 rings (SSSR count). The Labute approximate surface area is 102 Å². The second-order valence-corrected chi connectivity index (χ2v) is 3.71. The van der Waals surface area contributed by atoms with Gasteiger partial charge in [-0.1, -0.05) is 48.5 Å². The Hall–Kier alpha value is -2.09. The van der Waals surface area contributed by atoms with Gasteiger partial charge in [0.1, 0.15) is 0 Å². The van der Waals surface area contributed by atoms with Crippen molar-refractivity contribution in [1.82, 2.24) is 0 Å². The fourth-order valence-corrected chi connectivity index (χ4v) is 1.57. The maximum atomic E-state index is 5.31. The van der Waals surface area contributed by atoms with Gasteiger partial charge >= 0.3 is 0 Å². The van der Waals surface area contributed by atoms with Crippen molar-refractivity contribution in [1.29, 1.82) is 0 Å². The molecule has 2 aromatic carbocycles. The van der Waals surface area contributed by atoms with Crippen LogP contribution in [0, 0.1) is 0 Å². The third-order valence-electron chi connectivity index (χ3n) is 2.44. The Kier molecular flexibility index (Phi) is 3.92. The van der Waals surface area contributed by atoms with E-state index in [-0.39, 0.29) is 0 Å². The molecule has 0 amide bonds. The molecule has 17 heavy (non-hydrogen) atoms. The van der Waals surface area contributed by atoms with E-state index in [9.17, 15) is 0 Å². The molecule has 2 nitrogen and oxygen atoms in total. The van der Waals surface area contributed by atoms with Crippen molar-refractivity contribution in [3.8, 4) is 0 Å². The van der Waals surface area contributed by atoms with Crippen molar-refractivity contribution < 1.29 is 4.74 Å². The highest BCUT2D eigenvalue weighted by molar-refractivity contribution is 5.81. The van der Waals surface area contributed by atoms with Crippen molar-refractivity contribution in [3.63, 3.8) is 0 Å². The lowest BCUT2D eigenvalue weighted by molar-refractivity contribution is 0.394. The number of hydrogen-bond donors (Lipinski definition) is 0. The predicted octanol–water partition coefficient (Wildman–Crippen LogP) is 3.61. The van der Waals surface area contributed by atoms with Crippen LogP contribution in [0.15, 0.2) is 65.7 Å². The molecule has 0 radical (unpaired) electrons. The van der Waals surface area contributed by atoms with Crippen molar-refractivity contribution in [2.45, 2.75) is 6.42 Å². The maximum Gasteiger partial charge on any atom is 0.192 e. The summed E-state index contributed by atoms with van der Waals surface area (Å²) >= 11 is 0. The Morgan fingerprint density at radius 3 is 2.12 bits per heavy atom. The van der Waals surface area contributed by atoms with Crippen molar-refractivity contribution in [2.24, 2.45) is 4.99 Å². The molecule has 0 aromatic heterocycles. The Morgan fingerprint density at radius 1 is 0.941 bits per heavy atom. The summed E-state index contributed by atoms with van der Waals surface area (Å²) in [5, 5.41) is 0. The maximum absolute atomic E-state index is 5.31. The van der Waals surface area contributed by atoms with Crippen LogP contribution in [-0.2, 0) is 11.2 Å². The number of ether oxygens (including phenoxy) is 1. The molecule has 0 heterocycles. The molecule has 2 heteroatoms. The minimum absolute atomic E-state index is 0.715. The fraction of sp³-hybridized carbons (Fsp3) is 0.133. The van der Waals surface area contributed by atoms with Gasteiger partial charge in [0.05, 0.1) is 12.8 Å². The van der Waals surface area contributed by atoms with Gasteiger partial charge in [-0.2, -0.15) is 0 Å². The molecule has 0 atom stereocenters. The predicted molar refractivity (Wildman–Crippen MR) is 70.7 cm³/mol. The quantitative estimate of drug-likeness (QED) is 0.577. The van der Waals surface area contributed by atoms with Crippen LogP contribution >= 0.6 is 0 Å². The van der Waals surface area contributed by atoms with Crippen LogP contribution < -0.4 is 0 Å². The fourth-order valence-electron chi connectivity index (χ4n) is 1.57. The summed E-state index contributed by atoms with van der Waals surface area (Å²) in [6.45, 7) is 0. The van der Waals surface area contributed by atoms with Gasteiger partial charge < -0.3 is 4.74 Å². The molecule has 0 saturated carbocycles. The monoisotopic (exact) mass is 225 g/mol. The van der Waals surface area contributed by atoms with E-state index in [1.54, 1.807) is 7.11 Å². The van der Waals surface area contributed by atoms with E-state index >= 15 is 0 Å². The van der Waals surface area contributed by atoms with Crippen LogP contribution in [0.4, 0.5) is 5.69 Å². The number of benzene rings is 2. The summed E-state index contributed by atoms with van der Waals surface area (Å²) in [5.41, 5.74) is 2.12. The first-order valence-electron chi connectivity index (χ1n) is 5.59. The second kappa shape index (κ2) is 5.85. The molecule has 0 bridgehead atoms. The topological polar surface area (TPSA) is 21.6 Å². The molecule has 0 aliphatic rings. The van der Waals surface area contributed by atoms with Crippen molar-refractivity contribution in [3.05, 3.63) is 66.2 Å². The number of para-hydroxylation sites is 1. The first kappa shape index (κ1) is 11.4. The van der Waals surface area contributed by atoms with Gasteiger partial charge in [-0.05, 0) is 17.7 Å². The average Bonchev–Trinajstić information content (AvgIpc) is 2.40. The molecule has 2 aromatic rings. The van der Waals surface area contributed by atoms with E-state index in [0.717, 1.165) is 11.6 Å². The smallest absolute Gasteiger partial charge is 0.192 e. The second-order valence-electron chi connectivity index (χ2n) is 3.71. The summed E-state index contributed by atoms with van der Waals surface area (Å²) in [7, 11) is 1.66. The molecular weight excluding hydrogens is 210 g/mol. The van der Waals surface area contributed by atoms with Crippen LogP contribution in [-0.4, -0.2) is 13.0 Å². The third kappa shape index (κ3) is 3.45. The van der Waals surface area contributed by atoms with E-state index in [0.29, 0.717) is 6.42 Å². The SMILES string of the molecule is COC(Cc1ccccc1)=Nc1ccccc1. The van der Waals surface area contributed by atoms with Gasteiger partial charge in [0.2, 0.25) is 0 Å². The lowest BCUT2D eigenvalue weighted by Gasteiger charge is -2.05. The summed E-state index contributed by atoms with van der Waals surface area (Å²) in [4.78, 5) is 4.47. The van der Waals surface area contributed by atoms with E-state index in [4.69, 9.17) is 4.74 Å². The highest BCUT2D eigenvalue weighted by Crippen LogP contribution is 2.12. The lowest BCUT2D eigenvalue weighted by Crippen LogP contribution is -2.05. The zero-order valence-corrected chi connectivity index (χ0v) is 9.84. The van der Waals surface area contributed by atoms with Crippen LogP contribution in [0.1, 0.15) is 5.56 Å². The van der Waals surface area contributed by atoms with E-state index in [1.165, 1.54) is 5.56 Å². The average molecular weight is 225 g/mol. The molecule has 0 aliphatic carbocycles. The van der Waals surface area contributed by atoms with Gasteiger partial charge in [0, 0.05) is 6.42 Å². The van der Waals surface area contributed by atoms with Gasteiger partial charge in [-0.15, -0.1) is 0 Å². The molecule has 0 N–H and O–H groups in total. The highest BCUT2D eigenvalue weighted by atomic mass is 16.5. The standard InChI is InChI=1S/C15H15NO/c1-17-15(12-13-8-4-2-5-9-13)16-14-10-6-3-7-11-14/h2-11H,12H2,1H3. The molecule has 0 saturated heterocycles. The number of nitrogens with zero attached hydrogens (tertiary/aromatic N) is 1. The zero-order chi connectivity index (χ0) is 11.9. The van der Waals surface area contributed by atoms with Crippen molar-refractivity contribution in [2.75, 3.05) is 7.11 Å². The summed E-state index contributed by atoms with van der Waals surface area (Å²) < 4.78 is 5.31. The number of hydrogen-bond acceptors (Lipinski definition) is 2. The molecular formula is C15H15NO. The number of rotatable bonds is 3. The number of methoxy groups -OCH3 is 1. The molecule has 0 fully saturated rings.